The molecule has 0 saturated heterocycles. The van der Waals surface area contributed by atoms with Crippen molar-refractivity contribution in [3.8, 4) is 0 Å². The highest BCUT2D eigenvalue weighted by atomic mass is 32.2. The van der Waals surface area contributed by atoms with Crippen LogP contribution in [0.2, 0.25) is 0 Å². The number of imidazole rings is 1. The summed E-state index contributed by atoms with van der Waals surface area (Å²) in [6.45, 7) is 0.494. The number of anilines is 1. The highest BCUT2D eigenvalue weighted by Crippen LogP contribution is 2.29. The Bertz CT molecular complexity index is 700. The zero-order chi connectivity index (χ0) is 14.2. The molecule has 0 bridgehead atoms. The van der Waals surface area contributed by atoms with Gasteiger partial charge in [-0.2, -0.15) is 0 Å². The van der Waals surface area contributed by atoms with E-state index in [1.807, 2.05) is 5.38 Å². The molecule has 0 spiro atoms. The molecule has 8 heteroatoms. The van der Waals surface area contributed by atoms with Crippen molar-refractivity contribution in [2.24, 2.45) is 5.92 Å². The number of thiazole rings is 1. The average Bonchev–Trinajstić information content (AvgIpc) is 2.91. The monoisotopic (exact) mass is 314 g/mol. The Morgan fingerprint density at radius 1 is 1.50 bits per heavy atom. The lowest BCUT2D eigenvalue weighted by Gasteiger charge is -2.25. The van der Waals surface area contributed by atoms with Crippen molar-refractivity contribution in [2.75, 3.05) is 18.9 Å². The summed E-state index contributed by atoms with van der Waals surface area (Å²) in [5.41, 5.74) is 0. The van der Waals surface area contributed by atoms with Crippen molar-refractivity contribution < 1.29 is 8.42 Å². The first-order chi connectivity index (χ1) is 9.62. The minimum Gasteiger partial charge on any atom is -0.371 e. The van der Waals surface area contributed by atoms with E-state index in [2.05, 4.69) is 15.0 Å². The van der Waals surface area contributed by atoms with Gasteiger partial charge in [-0.1, -0.05) is 19.3 Å². The topological polar surface area (TPSA) is 75.5 Å². The van der Waals surface area contributed by atoms with Crippen LogP contribution in [0.15, 0.2) is 16.6 Å². The maximum Gasteiger partial charge on any atom is 0.260 e. The van der Waals surface area contributed by atoms with E-state index in [9.17, 15) is 8.42 Å². The van der Waals surface area contributed by atoms with Crippen LogP contribution in [0.4, 0.5) is 5.82 Å². The minimum atomic E-state index is -3.54. The molecule has 0 radical (unpaired) electrons. The second-order valence-corrected chi connectivity index (χ2v) is 7.61. The fraction of sp³-hybridized carbons (Fsp3) is 0.583. The number of hydrogen-bond donors (Lipinski definition) is 2. The predicted octanol–water partition coefficient (Wildman–Crippen LogP) is 1.91. The standard InChI is InChI=1S/C12H18N4O2S2/c1-13-10-11(16-7-8-19-12(16)15-10)20(17,18)14-6-5-9-3-2-4-9/h7-9,13-14H,2-6H2,1H3. The number of nitrogens with one attached hydrogen (secondary N) is 2. The first-order valence-corrected chi connectivity index (χ1v) is 9.11. The van der Waals surface area contributed by atoms with Gasteiger partial charge in [-0.25, -0.2) is 18.1 Å². The molecule has 1 aliphatic rings. The van der Waals surface area contributed by atoms with Gasteiger partial charge in [0, 0.05) is 25.2 Å². The van der Waals surface area contributed by atoms with Crippen LogP contribution in [-0.2, 0) is 10.0 Å². The molecule has 2 aromatic heterocycles. The number of hydrogen-bond acceptors (Lipinski definition) is 5. The molecule has 1 saturated carbocycles. The van der Waals surface area contributed by atoms with Crippen LogP contribution in [0.1, 0.15) is 25.7 Å². The Morgan fingerprint density at radius 3 is 2.95 bits per heavy atom. The number of rotatable bonds is 6. The molecule has 20 heavy (non-hydrogen) atoms. The molecule has 6 nitrogen and oxygen atoms in total. The predicted molar refractivity (Wildman–Crippen MR) is 79.8 cm³/mol. The summed E-state index contributed by atoms with van der Waals surface area (Å²) < 4.78 is 29.2. The molecule has 0 amide bonds. The third kappa shape index (κ3) is 2.43. The molecule has 1 aliphatic carbocycles. The van der Waals surface area contributed by atoms with E-state index in [0.717, 1.165) is 6.42 Å². The lowest BCUT2D eigenvalue weighted by Crippen LogP contribution is -2.28. The Hall–Kier alpha value is -1.12. The second-order valence-electron chi connectivity index (χ2n) is 5.05. The van der Waals surface area contributed by atoms with Gasteiger partial charge in [0.05, 0.1) is 0 Å². The smallest absolute Gasteiger partial charge is 0.260 e. The maximum absolute atomic E-state index is 12.5. The lowest BCUT2D eigenvalue weighted by atomic mass is 9.83. The largest absolute Gasteiger partial charge is 0.371 e. The third-order valence-corrected chi connectivity index (χ3v) is 6.02. The molecular formula is C12H18N4O2S2. The van der Waals surface area contributed by atoms with Crippen LogP contribution < -0.4 is 10.0 Å². The van der Waals surface area contributed by atoms with E-state index in [0.29, 0.717) is 23.2 Å². The summed E-state index contributed by atoms with van der Waals surface area (Å²) in [6, 6.07) is 0. The van der Waals surface area contributed by atoms with Gasteiger partial charge in [0.15, 0.2) is 15.8 Å². The van der Waals surface area contributed by atoms with Crippen molar-refractivity contribution in [1.29, 1.82) is 0 Å². The lowest BCUT2D eigenvalue weighted by molar-refractivity contribution is 0.297. The zero-order valence-corrected chi connectivity index (χ0v) is 12.9. The molecule has 2 heterocycles. The van der Waals surface area contributed by atoms with Gasteiger partial charge in [-0.15, -0.1) is 11.3 Å². The molecule has 0 atom stereocenters. The van der Waals surface area contributed by atoms with E-state index in [4.69, 9.17) is 0 Å². The summed E-state index contributed by atoms with van der Waals surface area (Å²) in [6.07, 6.45) is 6.38. The van der Waals surface area contributed by atoms with Crippen LogP contribution in [0.25, 0.3) is 4.96 Å². The van der Waals surface area contributed by atoms with Crippen LogP contribution in [0.3, 0.4) is 0 Å². The highest BCUT2D eigenvalue weighted by Gasteiger charge is 2.26. The van der Waals surface area contributed by atoms with E-state index in [-0.39, 0.29) is 5.03 Å². The summed E-state index contributed by atoms with van der Waals surface area (Å²) in [4.78, 5) is 4.95. The fourth-order valence-electron chi connectivity index (χ4n) is 2.43. The first kappa shape index (κ1) is 13.8. The Labute approximate surface area is 122 Å². The number of sulfonamides is 1. The zero-order valence-electron chi connectivity index (χ0n) is 11.3. The normalized spacial score (nSPS) is 16.4. The molecular weight excluding hydrogens is 296 g/mol. The first-order valence-electron chi connectivity index (χ1n) is 6.75. The van der Waals surface area contributed by atoms with E-state index in [1.165, 1.54) is 30.6 Å². The van der Waals surface area contributed by atoms with Crippen molar-refractivity contribution >= 4 is 32.1 Å². The SMILES string of the molecule is CNc1nc2sccn2c1S(=O)(=O)NCCC1CCC1. The maximum atomic E-state index is 12.5. The molecule has 110 valence electrons. The summed E-state index contributed by atoms with van der Waals surface area (Å²) in [7, 11) is -1.86. The quantitative estimate of drug-likeness (QED) is 0.854. The summed E-state index contributed by atoms with van der Waals surface area (Å²) in [5, 5.41) is 4.88. The summed E-state index contributed by atoms with van der Waals surface area (Å²) in [5.74, 6) is 1.08. The van der Waals surface area contributed by atoms with Crippen LogP contribution in [0.5, 0.6) is 0 Å². The molecule has 1 fully saturated rings. The van der Waals surface area contributed by atoms with Crippen LogP contribution >= 0.6 is 11.3 Å². The van der Waals surface area contributed by atoms with Crippen LogP contribution in [-0.4, -0.2) is 31.4 Å². The highest BCUT2D eigenvalue weighted by molar-refractivity contribution is 7.89. The fourth-order valence-corrected chi connectivity index (χ4v) is 4.54. The molecule has 2 aromatic rings. The number of nitrogens with zero attached hydrogens (tertiary/aromatic N) is 2. The van der Waals surface area contributed by atoms with Gasteiger partial charge in [0.1, 0.15) is 0 Å². The van der Waals surface area contributed by atoms with Gasteiger partial charge in [-0.3, -0.25) is 4.40 Å². The van der Waals surface area contributed by atoms with Gasteiger partial charge in [0.2, 0.25) is 0 Å². The number of aromatic nitrogens is 2. The third-order valence-electron chi connectivity index (χ3n) is 3.78. The molecule has 0 aliphatic heterocycles. The van der Waals surface area contributed by atoms with Crippen molar-refractivity contribution in [3.05, 3.63) is 11.6 Å². The Balaban J connectivity index is 1.81. The van der Waals surface area contributed by atoms with E-state index in [1.54, 1.807) is 17.6 Å². The second kappa shape index (κ2) is 5.34. The Kier molecular flexibility index (Phi) is 3.70. The molecule has 0 aromatic carbocycles. The van der Waals surface area contributed by atoms with Gasteiger partial charge < -0.3 is 5.32 Å². The minimum absolute atomic E-state index is 0.199. The van der Waals surface area contributed by atoms with Crippen molar-refractivity contribution in [1.82, 2.24) is 14.1 Å². The molecule has 2 N–H and O–H groups in total. The van der Waals surface area contributed by atoms with Crippen molar-refractivity contribution in [2.45, 2.75) is 30.7 Å². The molecule has 0 unspecified atom stereocenters. The average molecular weight is 314 g/mol. The number of fused-ring (bicyclic) bond motifs is 1. The molecule has 3 rings (SSSR count). The van der Waals surface area contributed by atoms with Crippen LogP contribution in [0, 0.1) is 5.92 Å². The van der Waals surface area contributed by atoms with Gasteiger partial charge in [0.25, 0.3) is 10.0 Å². The van der Waals surface area contributed by atoms with Gasteiger partial charge in [-0.05, 0) is 12.3 Å². The van der Waals surface area contributed by atoms with E-state index < -0.39 is 10.0 Å². The van der Waals surface area contributed by atoms with Crippen molar-refractivity contribution in [3.63, 3.8) is 0 Å². The Morgan fingerprint density at radius 2 is 2.30 bits per heavy atom. The van der Waals surface area contributed by atoms with Gasteiger partial charge >= 0.3 is 0 Å². The summed E-state index contributed by atoms with van der Waals surface area (Å²) >= 11 is 1.41. The van der Waals surface area contributed by atoms with E-state index >= 15 is 0 Å².